The fraction of sp³-hybridized carbons (Fsp3) is 0.647. The maximum Gasteiger partial charge on any atom is 0.226 e. The highest BCUT2D eigenvalue weighted by atomic mass is 19.1. The molecule has 3 rings (SSSR count). The molecule has 1 aromatic heterocycles. The highest BCUT2D eigenvalue weighted by Gasteiger charge is 2.39. The predicted octanol–water partition coefficient (Wildman–Crippen LogP) is 0.967. The van der Waals surface area contributed by atoms with Crippen molar-refractivity contribution in [2.45, 2.75) is 25.4 Å². The molecule has 0 amide bonds. The molecule has 0 aromatic carbocycles. The average Bonchev–Trinajstić information content (AvgIpc) is 2.54. The standard InChI is InChI=1S/C17H26FN5O2/c1-17(2)12-22(14-10-24-11-14)3-4-23(17)16-20-7-15(8-21-16)25-9-13(5-18)6-19/h5,7-8,14H,3-4,6,9-12,19H2,1-2H3/b13-5+. The van der Waals surface area contributed by atoms with Crippen molar-refractivity contribution in [2.75, 3.05) is 50.9 Å². The third-order valence-corrected chi connectivity index (χ3v) is 4.77. The first-order valence-electron chi connectivity index (χ1n) is 8.56. The molecule has 2 fully saturated rings. The van der Waals surface area contributed by atoms with Crippen molar-refractivity contribution in [3.63, 3.8) is 0 Å². The minimum atomic E-state index is -0.0695. The summed E-state index contributed by atoms with van der Waals surface area (Å²) in [5, 5.41) is 0. The van der Waals surface area contributed by atoms with Crippen LogP contribution in [0.25, 0.3) is 0 Å². The minimum Gasteiger partial charge on any atom is -0.486 e. The molecule has 0 atom stereocenters. The van der Waals surface area contributed by atoms with E-state index in [9.17, 15) is 4.39 Å². The van der Waals surface area contributed by atoms with Crippen LogP contribution < -0.4 is 15.4 Å². The molecular formula is C17H26FN5O2. The largest absolute Gasteiger partial charge is 0.486 e. The molecule has 2 aliphatic rings. The summed E-state index contributed by atoms with van der Waals surface area (Å²) < 4.78 is 23.3. The lowest BCUT2D eigenvalue weighted by Gasteiger charge is -2.50. The molecule has 2 aliphatic heterocycles. The Labute approximate surface area is 147 Å². The first kappa shape index (κ1) is 18.0. The molecule has 25 heavy (non-hydrogen) atoms. The second kappa shape index (κ2) is 7.63. The number of rotatable bonds is 6. The molecular weight excluding hydrogens is 325 g/mol. The van der Waals surface area contributed by atoms with Crippen molar-refractivity contribution in [3.8, 4) is 5.75 Å². The van der Waals surface area contributed by atoms with Gasteiger partial charge in [0.25, 0.3) is 0 Å². The van der Waals surface area contributed by atoms with Crippen LogP contribution >= 0.6 is 0 Å². The molecule has 0 bridgehead atoms. The molecule has 2 N–H and O–H groups in total. The van der Waals surface area contributed by atoms with Crippen LogP contribution in [0.2, 0.25) is 0 Å². The summed E-state index contributed by atoms with van der Waals surface area (Å²) in [6.07, 6.45) is 3.72. The van der Waals surface area contributed by atoms with Gasteiger partial charge in [0.05, 0.1) is 43.5 Å². The smallest absolute Gasteiger partial charge is 0.226 e. The number of nitrogens with zero attached hydrogens (tertiary/aromatic N) is 4. The SMILES string of the molecule is CC1(C)CN(C2COC2)CCN1c1ncc(OC/C(=C/F)CN)cn1. The summed E-state index contributed by atoms with van der Waals surface area (Å²) >= 11 is 0. The van der Waals surface area contributed by atoms with E-state index in [0.29, 0.717) is 29.6 Å². The first-order valence-corrected chi connectivity index (χ1v) is 8.56. The van der Waals surface area contributed by atoms with Crippen LogP contribution in [-0.4, -0.2) is 72.4 Å². The normalized spacial score (nSPS) is 21.9. The van der Waals surface area contributed by atoms with Gasteiger partial charge in [0.15, 0.2) is 5.75 Å². The highest BCUT2D eigenvalue weighted by Crippen LogP contribution is 2.28. The van der Waals surface area contributed by atoms with Gasteiger partial charge in [0, 0.05) is 31.8 Å². The summed E-state index contributed by atoms with van der Waals surface area (Å²) in [6.45, 7) is 9.07. The Morgan fingerprint density at radius 2 is 2.12 bits per heavy atom. The van der Waals surface area contributed by atoms with E-state index in [-0.39, 0.29) is 18.7 Å². The molecule has 0 spiro atoms. The third kappa shape index (κ3) is 4.08. The van der Waals surface area contributed by atoms with Gasteiger partial charge in [-0.3, -0.25) is 4.90 Å². The molecule has 0 aliphatic carbocycles. The zero-order valence-electron chi connectivity index (χ0n) is 14.8. The van der Waals surface area contributed by atoms with Gasteiger partial charge >= 0.3 is 0 Å². The lowest BCUT2D eigenvalue weighted by Crippen LogP contribution is -2.64. The quantitative estimate of drug-likeness (QED) is 0.818. The first-order chi connectivity index (χ1) is 12.0. The molecule has 0 saturated carbocycles. The Morgan fingerprint density at radius 3 is 2.64 bits per heavy atom. The minimum absolute atomic E-state index is 0.0695. The molecule has 7 nitrogen and oxygen atoms in total. The van der Waals surface area contributed by atoms with E-state index in [1.807, 2.05) is 0 Å². The predicted molar refractivity (Wildman–Crippen MR) is 93.4 cm³/mol. The zero-order valence-corrected chi connectivity index (χ0v) is 14.8. The number of halogens is 1. The van der Waals surface area contributed by atoms with Crippen LogP contribution in [0.15, 0.2) is 24.3 Å². The number of hydrogen-bond donors (Lipinski definition) is 1. The van der Waals surface area contributed by atoms with E-state index in [2.05, 4.69) is 33.6 Å². The van der Waals surface area contributed by atoms with Crippen LogP contribution in [0.4, 0.5) is 10.3 Å². The summed E-state index contributed by atoms with van der Waals surface area (Å²) in [6, 6.07) is 0.540. The summed E-state index contributed by atoms with van der Waals surface area (Å²) in [5.41, 5.74) is 5.73. The van der Waals surface area contributed by atoms with E-state index >= 15 is 0 Å². The lowest BCUT2D eigenvalue weighted by molar-refractivity contribution is -0.0742. The van der Waals surface area contributed by atoms with E-state index in [1.54, 1.807) is 12.4 Å². The van der Waals surface area contributed by atoms with Gasteiger partial charge in [-0.25, -0.2) is 14.4 Å². The van der Waals surface area contributed by atoms with Crippen LogP contribution in [0, 0.1) is 0 Å². The van der Waals surface area contributed by atoms with Gasteiger partial charge in [-0.05, 0) is 13.8 Å². The number of nitrogens with two attached hydrogens (primary N) is 1. The van der Waals surface area contributed by atoms with Crippen molar-refractivity contribution < 1.29 is 13.9 Å². The number of hydrogen-bond acceptors (Lipinski definition) is 7. The molecule has 0 unspecified atom stereocenters. The number of piperazine rings is 1. The highest BCUT2D eigenvalue weighted by molar-refractivity contribution is 5.37. The third-order valence-electron chi connectivity index (χ3n) is 4.77. The Balaban J connectivity index is 1.61. The molecule has 2 saturated heterocycles. The van der Waals surface area contributed by atoms with E-state index < -0.39 is 0 Å². The van der Waals surface area contributed by atoms with Gasteiger partial charge in [0.1, 0.15) is 6.61 Å². The molecule has 0 radical (unpaired) electrons. The monoisotopic (exact) mass is 351 g/mol. The van der Waals surface area contributed by atoms with Crippen LogP contribution in [0.3, 0.4) is 0 Å². The van der Waals surface area contributed by atoms with E-state index in [4.69, 9.17) is 15.2 Å². The van der Waals surface area contributed by atoms with Crippen molar-refractivity contribution in [1.29, 1.82) is 0 Å². The van der Waals surface area contributed by atoms with Gasteiger partial charge < -0.3 is 20.1 Å². The van der Waals surface area contributed by atoms with Gasteiger partial charge in [-0.2, -0.15) is 0 Å². The molecule has 138 valence electrons. The van der Waals surface area contributed by atoms with Crippen molar-refractivity contribution in [3.05, 3.63) is 24.3 Å². The fourth-order valence-corrected chi connectivity index (χ4v) is 3.14. The van der Waals surface area contributed by atoms with Gasteiger partial charge in [-0.1, -0.05) is 0 Å². The van der Waals surface area contributed by atoms with Gasteiger partial charge in [-0.15, -0.1) is 0 Å². The summed E-state index contributed by atoms with van der Waals surface area (Å²) in [4.78, 5) is 13.6. The molecule has 1 aromatic rings. The van der Waals surface area contributed by atoms with Gasteiger partial charge in [0.2, 0.25) is 5.95 Å². The Bertz CT molecular complexity index is 604. The second-order valence-electron chi connectivity index (χ2n) is 7.10. The Kier molecular flexibility index (Phi) is 5.51. The molecule has 8 heteroatoms. The van der Waals surface area contributed by atoms with E-state index in [0.717, 1.165) is 32.8 Å². The average molecular weight is 351 g/mol. The second-order valence-corrected chi connectivity index (χ2v) is 7.10. The Morgan fingerprint density at radius 1 is 1.40 bits per heavy atom. The summed E-state index contributed by atoms with van der Waals surface area (Å²) in [5.74, 6) is 1.18. The summed E-state index contributed by atoms with van der Waals surface area (Å²) in [7, 11) is 0. The number of aromatic nitrogens is 2. The van der Waals surface area contributed by atoms with Crippen LogP contribution in [0.5, 0.6) is 5.75 Å². The Hall–Kier alpha value is -1.77. The van der Waals surface area contributed by atoms with Crippen molar-refractivity contribution in [1.82, 2.24) is 14.9 Å². The zero-order chi connectivity index (χ0) is 17.9. The van der Waals surface area contributed by atoms with Crippen LogP contribution in [0.1, 0.15) is 13.8 Å². The van der Waals surface area contributed by atoms with Crippen molar-refractivity contribution in [2.24, 2.45) is 5.73 Å². The maximum absolute atomic E-state index is 12.5. The van der Waals surface area contributed by atoms with Crippen LogP contribution in [-0.2, 0) is 4.74 Å². The van der Waals surface area contributed by atoms with E-state index in [1.165, 1.54) is 0 Å². The van der Waals surface area contributed by atoms with Crippen molar-refractivity contribution >= 4 is 5.95 Å². The number of ether oxygens (including phenoxy) is 2. The molecule has 3 heterocycles. The fourth-order valence-electron chi connectivity index (χ4n) is 3.14. The maximum atomic E-state index is 12.5. The number of anilines is 1. The topological polar surface area (TPSA) is 76.7 Å². The lowest BCUT2D eigenvalue weighted by atomic mass is 9.97.